The van der Waals surface area contributed by atoms with E-state index in [1.807, 2.05) is 67.6 Å². The quantitative estimate of drug-likeness (QED) is 0.592. The third-order valence-electron chi connectivity index (χ3n) is 4.96. The zero-order valence-corrected chi connectivity index (χ0v) is 17.3. The van der Waals surface area contributed by atoms with E-state index in [1.54, 1.807) is 21.1 Å². The number of hydrogen-bond acceptors (Lipinski definition) is 4. The molecule has 5 heteroatoms. The molecule has 0 radical (unpaired) electrons. The molecular formula is C24H27NO4. The summed E-state index contributed by atoms with van der Waals surface area (Å²) in [5.41, 5.74) is 0.955. The van der Waals surface area contributed by atoms with Crippen molar-refractivity contribution < 1.29 is 19.0 Å². The smallest absolute Gasteiger partial charge is 0.261 e. The highest BCUT2D eigenvalue weighted by Crippen LogP contribution is 2.31. The maximum atomic E-state index is 12.8. The Morgan fingerprint density at radius 1 is 0.931 bits per heavy atom. The summed E-state index contributed by atoms with van der Waals surface area (Å²) in [5, 5.41) is 5.15. The fourth-order valence-corrected chi connectivity index (χ4v) is 3.32. The number of methoxy groups -OCH3 is 2. The molecule has 0 heterocycles. The molecule has 0 aliphatic carbocycles. The zero-order valence-electron chi connectivity index (χ0n) is 17.3. The van der Waals surface area contributed by atoms with Crippen LogP contribution < -0.4 is 19.5 Å². The topological polar surface area (TPSA) is 56.8 Å². The van der Waals surface area contributed by atoms with Gasteiger partial charge in [-0.3, -0.25) is 4.79 Å². The second-order valence-electron chi connectivity index (χ2n) is 6.82. The summed E-state index contributed by atoms with van der Waals surface area (Å²) in [6, 6.07) is 19.3. The number of rotatable bonds is 8. The number of fused-ring (bicyclic) bond motifs is 1. The van der Waals surface area contributed by atoms with Crippen LogP contribution in [0, 0.1) is 0 Å². The summed E-state index contributed by atoms with van der Waals surface area (Å²) >= 11 is 0. The molecule has 0 aromatic heterocycles. The van der Waals surface area contributed by atoms with E-state index < -0.39 is 6.10 Å². The van der Waals surface area contributed by atoms with Crippen LogP contribution in [-0.4, -0.2) is 26.2 Å². The van der Waals surface area contributed by atoms with Crippen LogP contribution in [0.3, 0.4) is 0 Å². The third-order valence-corrected chi connectivity index (χ3v) is 4.96. The van der Waals surface area contributed by atoms with Gasteiger partial charge in [0.05, 0.1) is 20.3 Å². The lowest BCUT2D eigenvalue weighted by Gasteiger charge is -2.22. The van der Waals surface area contributed by atoms with Crippen molar-refractivity contribution in [3.05, 3.63) is 66.2 Å². The molecule has 1 amide bonds. The molecule has 3 aromatic carbocycles. The first-order chi connectivity index (χ1) is 14.1. The van der Waals surface area contributed by atoms with Crippen molar-refractivity contribution in [2.24, 2.45) is 0 Å². The number of amides is 1. The first-order valence-corrected chi connectivity index (χ1v) is 9.74. The van der Waals surface area contributed by atoms with Crippen molar-refractivity contribution in [2.45, 2.75) is 32.4 Å². The Balaban J connectivity index is 1.74. The Morgan fingerprint density at radius 3 is 2.38 bits per heavy atom. The van der Waals surface area contributed by atoms with E-state index in [9.17, 15) is 4.79 Å². The fourth-order valence-electron chi connectivity index (χ4n) is 3.32. The van der Waals surface area contributed by atoms with E-state index in [2.05, 4.69) is 5.32 Å². The predicted molar refractivity (Wildman–Crippen MR) is 115 cm³/mol. The van der Waals surface area contributed by atoms with E-state index in [1.165, 1.54) is 0 Å². The number of nitrogens with one attached hydrogen (secondary N) is 1. The van der Waals surface area contributed by atoms with Gasteiger partial charge in [-0.25, -0.2) is 0 Å². The lowest BCUT2D eigenvalue weighted by Crippen LogP contribution is -2.38. The first-order valence-electron chi connectivity index (χ1n) is 9.74. The van der Waals surface area contributed by atoms with Crippen LogP contribution in [0.4, 0.5) is 0 Å². The van der Waals surface area contributed by atoms with E-state index >= 15 is 0 Å². The Hall–Kier alpha value is -3.21. The molecule has 3 aromatic rings. The van der Waals surface area contributed by atoms with Gasteiger partial charge in [0.25, 0.3) is 5.91 Å². The first kappa shape index (κ1) is 20.5. The molecule has 0 saturated carbocycles. The molecule has 0 unspecified atom stereocenters. The molecule has 5 nitrogen and oxygen atoms in total. The van der Waals surface area contributed by atoms with Crippen LogP contribution in [-0.2, 0) is 4.79 Å². The molecular weight excluding hydrogens is 366 g/mol. The molecule has 0 fully saturated rings. The van der Waals surface area contributed by atoms with Gasteiger partial charge < -0.3 is 19.5 Å². The third kappa shape index (κ3) is 4.62. The lowest BCUT2D eigenvalue weighted by molar-refractivity contribution is -0.128. The van der Waals surface area contributed by atoms with E-state index in [-0.39, 0.29) is 11.9 Å². The summed E-state index contributed by atoms with van der Waals surface area (Å²) < 4.78 is 16.7. The second-order valence-corrected chi connectivity index (χ2v) is 6.82. The molecule has 29 heavy (non-hydrogen) atoms. The van der Waals surface area contributed by atoms with Crippen molar-refractivity contribution in [3.8, 4) is 17.2 Å². The van der Waals surface area contributed by atoms with Crippen LogP contribution in [0.15, 0.2) is 60.7 Å². The Kier molecular flexibility index (Phi) is 6.60. The molecule has 0 aliphatic rings. The van der Waals surface area contributed by atoms with Gasteiger partial charge >= 0.3 is 0 Å². The highest BCUT2D eigenvalue weighted by atomic mass is 16.5. The van der Waals surface area contributed by atoms with Crippen molar-refractivity contribution in [2.75, 3.05) is 14.2 Å². The maximum absolute atomic E-state index is 12.8. The van der Waals surface area contributed by atoms with Crippen molar-refractivity contribution >= 4 is 16.7 Å². The molecule has 0 aliphatic heterocycles. The molecule has 0 spiro atoms. The van der Waals surface area contributed by atoms with Gasteiger partial charge in [-0.1, -0.05) is 49.4 Å². The molecule has 1 N–H and O–H groups in total. The minimum Gasteiger partial charge on any atom is -0.493 e. The summed E-state index contributed by atoms with van der Waals surface area (Å²) in [6.45, 7) is 3.79. The van der Waals surface area contributed by atoms with Crippen LogP contribution in [0.1, 0.15) is 31.9 Å². The summed E-state index contributed by atoms with van der Waals surface area (Å²) in [4.78, 5) is 12.8. The highest BCUT2D eigenvalue weighted by molar-refractivity contribution is 5.89. The predicted octanol–water partition coefficient (Wildman–Crippen LogP) is 4.89. The summed E-state index contributed by atoms with van der Waals surface area (Å²) in [6.07, 6.45) is 0.109. The molecule has 3 rings (SSSR count). The van der Waals surface area contributed by atoms with Gasteiger partial charge in [0, 0.05) is 5.39 Å². The van der Waals surface area contributed by atoms with Gasteiger partial charge in [-0.2, -0.15) is 0 Å². The molecule has 2 atom stereocenters. The maximum Gasteiger partial charge on any atom is 0.261 e. The number of carbonyl (C=O) groups excluding carboxylic acids is 1. The fraction of sp³-hybridized carbons (Fsp3) is 0.292. The van der Waals surface area contributed by atoms with Gasteiger partial charge in [-0.15, -0.1) is 0 Å². The van der Waals surface area contributed by atoms with Crippen LogP contribution in [0.5, 0.6) is 17.2 Å². The molecule has 0 bridgehead atoms. The number of benzene rings is 3. The van der Waals surface area contributed by atoms with Gasteiger partial charge in [0.1, 0.15) is 5.75 Å². The van der Waals surface area contributed by atoms with Crippen molar-refractivity contribution in [1.29, 1.82) is 0 Å². The van der Waals surface area contributed by atoms with Crippen LogP contribution in [0.25, 0.3) is 10.8 Å². The van der Waals surface area contributed by atoms with Crippen molar-refractivity contribution in [3.63, 3.8) is 0 Å². The number of carbonyl (C=O) groups is 1. The zero-order chi connectivity index (χ0) is 20.8. The van der Waals surface area contributed by atoms with Crippen molar-refractivity contribution in [1.82, 2.24) is 5.32 Å². The van der Waals surface area contributed by atoms with E-state index in [0.717, 1.165) is 22.8 Å². The van der Waals surface area contributed by atoms with Crippen LogP contribution >= 0.6 is 0 Å². The Morgan fingerprint density at radius 2 is 1.66 bits per heavy atom. The lowest BCUT2D eigenvalue weighted by atomic mass is 10.0. The number of ether oxygens (including phenoxy) is 3. The Labute approximate surface area is 171 Å². The normalized spacial score (nSPS) is 12.8. The monoisotopic (exact) mass is 393 g/mol. The second kappa shape index (κ2) is 9.32. The molecule has 0 saturated heterocycles. The molecule has 152 valence electrons. The average Bonchev–Trinajstić information content (AvgIpc) is 2.77. The minimum absolute atomic E-state index is 0.152. The Bertz CT molecular complexity index is 980. The largest absolute Gasteiger partial charge is 0.493 e. The minimum atomic E-state index is -0.630. The van der Waals surface area contributed by atoms with Gasteiger partial charge in [-0.05, 0) is 42.5 Å². The van der Waals surface area contributed by atoms with E-state index in [0.29, 0.717) is 17.2 Å². The SMILES string of the molecule is CC[C@H](NC(=O)[C@H](C)Oc1cccc2ccccc12)c1ccc(OC)c(OC)c1. The summed E-state index contributed by atoms with van der Waals surface area (Å²) in [5.74, 6) is 1.83. The average molecular weight is 393 g/mol. The van der Waals surface area contributed by atoms with Gasteiger partial charge in [0.15, 0.2) is 17.6 Å². The van der Waals surface area contributed by atoms with Gasteiger partial charge in [0.2, 0.25) is 0 Å². The highest BCUT2D eigenvalue weighted by Gasteiger charge is 2.21. The summed E-state index contributed by atoms with van der Waals surface area (Å²) in [7, 11) is 3.20. The number of hydrogen-bond donors (Lipinski definition) is 1. The van der Waals surface area contributed by atoms with Crippen LogP contribution in [0.2, 0.25) is 0 Å². The van der Waals surface area contributed by atoms with E-state index in [4.69, 9.17) is 14.2 Å². The standard InChI is InChI=1S/C24H27NO4/c1-5-20(18-13-14-22(27-3)23(15-18)28-4)25-24(26)16(2)29-21-12-8-10-17-9-6-7-11-19(17)21/h6-16,20H,5H2,1-4H3,(H,25,26)/t16-,20-/m0/s1.